The summed E-state index contributed by atoms with van der Waals surface area (Å²) in [6.45, 7) is 0.511. The number of carbonyl (C=O) groups excluding carboxylic acids is 1. The van der Waals surface area contributed by atoms with E-state index in [2.05, 4.69) is 25.7 Å². The molecule has 0 aliphatic carbocycles. The molecule has 2 aromatic carbocycles. The number of ether oxygens (including phenoxy) is 2. The summed E-state index contributed by atoms with van der Waals surface area (Å²) in [6, 6.07) is 13.5. The SMILES string of the molecule is CCNC(=NCc1cc(OC)ccc1OC(F)F)NCCNC(=O)c1ccccc1.I. The van der Waals surface area contributed by atoms with Crippen molar-refractivity contribution >= 4 is 35.8 Å². The number of amides is 1. The Labute approximate surface area is 197 Å². The second kappa shape index (κ2) is 14.4. The smallest absolute Gasteiger partial charge is 0.387 e. The van der Waals surface area contributed by atoms with Crippen molar-refractivity contribution in [1.29, 1.82) is 0 Å². The monoisotopic (exact) mass is 548 g/mol. The molecule has 0 aliphatic rings. The van der Waals surface area contributed by atoms with Crippen molar-refractivity contribution in [1.82, 2.24) is 16.0 Å². The Morgan fingerprint density at radius 1 is 1.06 bits per heavy atom. The lowest BCUT2D eigenvalue weighted by Gasteiger charge is -2.14. The lowest BCUT2D eigenvalue weighted by atomic mass is 10.2. The van der Waals surface area contributed by atoms with E-state index < -0.39 is 6.61 Å². The van der Waals surface area contributed by atoms with Crippen LogP contribution in [0, 0.1) is 0 Å². The minimum absolute atomic E-state index is 0. The first-order valence-corrected chi connectivity index (χ1v) is 9.50. The van der Waals surface area contributed by atoms with Crippen LogP contribution in [0.4, 0.5) is 8.78 Å². The van der Waals surface area contributed by atoms with Crippen LogP contribution in [0.3, 0.4) is 0 Å². The Morgan fingerprint density at radius 2 is 1.77 bits per heavy atom. The van der Waals surface area contributed by atoms with E-state index in [-0.39, 0.29) is 42.2 Å². The van der Waals surface area contributed by atoms with Gasteiger partial charge >= 0.3 is 6.61 Å². The number of aliphatic imine (C=N–C) groups is 1. The van der Waals surface area contributed by atoms with Crippen LogP contribution < -0.4 is 25.4 Å². The number of alkyl halides is 2. The van der Waals surface area contributed by atoms with Crippen LogP contribution in [0.2, 0.25) is 0 Å². The normalized spacial score (nSPS) is 10.8. The molecule has 31 heavy (non-hydrogen) atoms. The highest BCUT2D eigenvalue weighted by Crippen LogP contribution is 2.26. The fraction of sp³-hybridized carbons (Fsp3) is 0.333. The topological polar surface area (TPSA) is 84.0 Å². The van der Waals surface area contributed by atoms with E-state index >= 15 is 0 Å². The van der Waals surface area contributed by atoms with Crippen molar-refractivity contribution < 1.29 is 23.0 Å². The Morgan fingerprint density at radius 3 is 2.42 bits per heavy atom. The molecule has 170 valence electrons. The molecule has 3 N–H and O–H groups in total. The van der Waals surface area contributed by atoms with Gasteiger partial charge in [0.15, 0.2) is 5.96 Å². The molecule has 0 spiro atoms. The number of hydrogen-bond acceptors (Lipinski definition) is 4. The molecule has 0 radical (unpaired) electrons. The minimum atomic E-state index is -2.93. The van der Waals surface area contributed by atoms with Gasteiger partial charge in [0.05, 0.1) is 13.7 Å². The summed E-state index contributed by atoms with van der Waals surface area (Å²) < 4.78 is 35.0. The molecule has 7 nitrogen and oxygen atoms in total. The zero-order valence-corrected chi connectivity index (χ0v) is 19.7. The first kappa shape index (κ1) is 26.4. The van der Waals surface area contributed by atoms with Gasteiger partial charge in [0.1, 0.15) is 11.5 Å². The van der Waals surface area contributed by atoms with Crippen molar-refractivity contribution in [3.05, 3.63) is 59.7 Å². The van der Waals surface area contributed by atoms with Gasteiger partial charge in [-0.3, -0.25) is 4.79 Å². The van der Waals surface area contributed by atoms with Crippen LogP contribution in [-0.2, 0) is 6.54 Å². The van der Waals surface area contributed by atoms with Crippen LogP contribution in [-0.4, -0.2) is 45.2 Å². The molecule has 2 aromatic rings. The number of rotatable bonds is 10. The quantitative estimate of drug-likeness (QED) is 0.184. The number of nitrogens with zero attached hydrogens (tertiary/aromatic N) is 1. The molecule has 0 bridgehead atoms. The van der Waals surface area contributed by atoms with E-state index in [1.54, 1.807) is 36.4 Å². The zero-order chi connectivity index (χ0) is 21.8. The molecule has 0 fully saturated rings. The van der Waals surface area contributed by atoms with Gasteiger partial charge in [-0.25, -0.2) is 4.99 Å². The van der Waals surface area contributed by atoms with E-state index in [1.165, 1.54) is 13.2 Å². The molecule has 0 saturated carbocycles. The third-order valence-electron chi connectivity index (χ3n) is 3.97. The second-order valence-electron chi connectivity index (χ2n) is 6.10. The summed E-state index contributed by atoms with van der Waals surface area (Å²) >= 11 is 0. The zero-order valence-electron chi connectivity index (χ0n) is 17.4. The van der Waals surface area contributed by atoms with Gasteiger partial charge in [-0.2, -0.15) is 8.78 Å². The number of carbonyl (C=O) groups is 1. The number of nitrogens with one attached hydrogen (secondary N) is 3. The van der Waals surface area contributed by atoms with E-state index in [9.17, 15) is 13.6 Å². The first-order valence-electron chi connectivity index (χ1n) is 9.50. The molecule has 0 aromatic heterocycles. The van der Waals surface area contributed by atoms with Crippen molar-refractivity contribution in [3.63, 3.8) is 0 Å². The fourth-order valence-corrected chi connectivity index (χ4v) is 2.57. The van der Waals surface area contributed by atoms with E-state index in [0.29, 0.717) is 42.5 Å². The van der Waals surface area contributed by atoms with Gasteiger partial charge in [-0.1, -0.05) is 18.2 Å². The fourth-order valence-electron chi connectivity index (χ4n) is 2.57. The van der Waals surface area contributed by atoms with Gasteiger partial charge in [0.2, 0.25) is 0 Å². The van der Waals surface area contributed by atoms with E-state index in [0.717, 1.165) is 0 Å². The van der Waals surface area contributed by atoms with Gasteiger partial charge in [0, 0.05) is 30.8 Å². The predicted molar refractivity (Wildman–Crippen MR) is 127 cm³/mol. The molecule has 0 atom stereocenters. The van der Waals surface area contributed by atoms with E-state index in [1.807, 2.05) is 13.0 Å². The first-order chi connectivity index (χ1) is 14.5. The van der Waals surface area contributed by atoms with Crippen LogP contribution in [0.25, 0.3) is 0 Å². The van der Waals surface area contributed by atoms with Crippen molar-refractivity contribution in [2.45, 2.75) is 20.1 Å². The van der Waals surface area contributed by atoms with Crippen molar-refractivity contribution in [2.75, 3.05) is 26.7 Å². The van der Waals surface area contributed by atoms with Crippen LogP contribution >= 0.6 is 24.0 Å². The summed E-state index contributed by atoms with van der Waals surface area (Å²) in [5, 5.41) is 8.97. The molecule has 0 heterocycles. The number of halogens is 3. The highest BCUT2D eigenvalue weighted by molar-refractivity contribution is 14.0. The van der Waals surface area contributed by atoms with Gasteiger partial charge in [0.25, 0.3) is 5.91 Å². The maximum atomic E-state index is 12.6. The third kappa shape index (κ3) is 9.37. The largest absolute Gasteiger partial charge is 0.497 e. The molecule has 2 rings (SSSR count). The Hall–Kier alpha value is -2.63. The van der Waals surface area contributed by atoms with Crippen molar-refractivity contribution in [2.24, 2.45) is 4.99 Å². The number of benzene rings is 2. The molecular weight excluding hydrogens is 521 g/mol. The maximum absolute atomic E-state index is 12.6. The molecule has 0 unspecified atom stereocenters. The highest BCUT2D eigenvalue weighted by atomic mass is 127. The highest BCUT2D eigenvalue weighted by Gasteiger charge is 2.11. The summed E-state index contributed by atoms with van der Waals surface area (Å²) in [7, 11) is 1.49. The van der Waals surface area contributed by atoms with Crippen LogP contribution in [0.1, 0.15) is 22.8 Å². The standard InChI is InChI=1S/C21H26F2N4O3.HI/c1-3-24-21(26-12-11-25-19(28)15-7-5-4-6-8-15)27-14-16-13-17(29-2)9-10-18(16)30-20(22)23;/h4-10,13,20H,3,11-12,14H2,1-2H3,(H,25,28)(H2,24,26,27);1H. The summed E-state index contributed by atoms with van der Waals surface area (Å²) in [4.78, 5) is 16.4. The average Bonchev–Trinajstić information content (AvgIpc) is 2.75. The van der Waals surface area contributed by atoms with Gasteiger partial charge < -0.3 is 25.4 Å². The number of hydrogen-bond donors (Lipinski definition) is 3. The summed E-state index contributed by atoms with van der Waals surface area (Å²) in [6.07, 6.45) is 0. The van der Waals surface area contributed by atoms with Crippen LogP contribution in [0.15, 0.2) is 53.5 Å². The van der Waals surface area contributed by atoms with Gasteiger partial charge in [-0.15, -0.1) is 24.0 Å². The number of methoxy groups -OCH3 is 1. The molecule has 0 saturated heterocycles. The Bertz CT molecular complexity index is 839. The van der Waals surface area contributed by atoms with E-state index in [4.69, 9.17) is 4.74 Å². The minimum Gasteiger partial charge on any atom is -0.497 e. The molecule has 10 heteroatoms. The average molecular weight is 548 g/mol. The summed E-state index contributed by atoms with van der Waals surface area (Å²) in [5.41, 5.74) is 1.05. The Kier molecular flexibility index (Phi) is 12.3. The molecule has 1 amide bonds. The second-order valence-corrected chi connectivity index (χ2v) is 6.10. The molecule has 0 aliphatic heterocycles. The molecular formula is C21H27F2IN4O3. The van der Waals surface area contributed by atoms with Crippen molar-refractivity contribution in [3.8, 4) is 11.5 Å². The third-order valence-corrected chi connectivity index (χ3v) is 3.97. The lowest BCUT2D eigenvalue weighted by molar-refractivity contribution is -0.0504. The van der Waals surface area contributed by atoms with Gasteiger partial charge in [-0.05, 0) is 37.3 Å². The summed E-state index contributed by atoms with van der Waals surface area (Å²) in [5.74, 6) is 0.880. The number of guanidine groups is 1. The lowest BCUT2D eigenvalue weighted by Crippen LogP contribution is -2.41. The maximum Gasteiger partial charge on any atom is 0.387 e. The Balaban J connectivity index is 0.00000480. The van der Waals surface area contributed by atoms with Crippen LogP contribution in [0.5, 0.6) is 11.5 Å². The predicted octanol–water partition coefficient (Wildman–Crippen LogP) is 3.40.